The van der Waals surface area contributed by atoms with Crippen molar-refractivity contribution in [3.05, 3.63) is 22.7 Å². The van der Waals surface area contributed by atoms with E-state index in [0.29, 0.717) is 11.5 Å². The lowest BCUT2D eigenvalue weighted by Crippen LogP contribution is -2.52. The van der Waals surface area contributed by atoms with Crippen molar-refractivity contribution in [2.45, 2.75) is 58.7 Å². The summed E-state index contributed by atoms with van der Waals surface area (Å²) >= 11 is 3.49. The lowest BCUT2D eigenvalue weighted by Gasteiger charge is -2.45. The third-order valence-electron chi connectivity index (χ3n) is 5.36. The van der Waals surface area contributed by atoms with E-state index in [0.717, 1.165) is 23.2 Å². The molecule has 22 heavy (non-hydrogen) atoms. The Labute approximate surface area is 141 Å². The average molecular weight is 365 g/mol. The number of nitrogens with zero attached hydrogens (tertiary/aromatic N) is 2. The molecule has 3 rings (SSSR count). The maximum atomic E-state index is 12.4. The second kappa shape index (κ2) is 5.95. The molecule has 0 radical (unpaired) electrons. The van der Waals surface area contributed by atoms with E-state index in [2.05, 4.69) is 47.8 Å². The summed E-state index contributed by atoms with van der Waals surface area (Å²) in [5.74, 6) is 1.10. The number of fused-ring (bicyclic) bond motifs is 1. The van der Waals surface area contributed by atoms with Crippen molar-refractivity contribution < 1.29 is 4.79 Å². The fraction of sp³-hybridized carbons (Fsp3) is 0.667. The van der Waals surface area contributed by atoms with E-state index < -0.39 is 0 Å². The second-order valence-electron chi connectivity index (χ2n) is 7.80. The number of allylic oxidation sites excluding steroid dienone is 1. The van der Waals surface area contributed by atoms with Crippen LogP contribution >= 0.6 is 15.9 Å². The molecular weight excluding hydrogens is 340 g/mol. The summed E-state index contributed by atoms with van der Waals surface area (Å²) in [5.41, 5.74) is 0.371. The first-order chi connectivity index (χ1) is 10.4. The van der Waals surface area contributed by atoms with Gasteiger partial charge in [0.15, 0.2) is 0 Å². The van der Waals surface area contributed by atoms with Gasteiger partial charge in [0, 0.05) is 22.7 Å². The zero-order chi connectivity index (χ0) is 15.9. The number of hydrogen-bond donors (Lipinski definition) is 0. The van der Waals surface area contributed by atoms with Crippen LogP contribution in [-0.2, 0) is 4.79 Å². The summed E-state index contributed by atoms with van der Waals surface area (Å²) in [6.45, 7) is 6.99. The van der Waals surface area contributed by atoms with Crippen LogP contribution in [0.4, 0.5) is 0 Å². The molecule has 0 aromatic rings. The highest BCUT2D eigenvalue weighted by molar-refractivity contribution is 9.12. The van der Waals surface area contributed by atoms with E-state index in [4.69, 9.17) is 0 Å². The van der Waals surface area contributed by atoms with E-state index in [1.165, 1.54) is 12.8 Å². The molecule has 0 aromatic heterocycles. The van der Waals surface area contributed by atoms with Gasteiger partial charge in [-0.2, -0.15) is 0 Å². The summed E-state index contributed by atoms with van der Waals surface area (Å²) in [7, 11) is 0. The maximum absolute atomic E-state index is 12.4. The molecule has 0 saturated heterocycles. The average Bonchev–Trinajstić information content (AvgIpc) is 2.47. The lowest BCUT2D eigenvalue weighted by atomic mass is 9.71. The van der Waals surface area contributed by atoms with Crippen molar-refractivity contribution in [3.8, 4) is 0 Å². The number of carbonyl (C=O) groups excluding carboxylic acids is 1. The van der Waals surface area contributed by atoms with Gasteiger partial charge in [-0.15, -0.1) is 0 Å². The molecule has 2 atom stereocenters. The third kappa shape index (κ3) is 3.08. The minimum absolute atomic E-state index is 0.0463. The van der Waals surface area contributed by atoms with Crippen LogP contribution < -0.4 is 0 Å². The van der Waals surface area contributed by atoms with Crippen molar-refractivity contribution in [1.82, 2.24) is 4.90 Å². The van der Waals surface area contributed by atoms with Crippen LogP contribution in [0.2, 0.25) is 0 Å². The van der Waals surface area contributed by atoms with Crippen molar-refractivity contribution in [3.63, 3.8) is 0 Å². The summed E-state index contributed by atoms with van der Waals surface area (Å²) in [4.78, 5) is 19.1. The Morgan fingerprint density at radius 1 is 1.23 bits per heavy atom. The standard InChI is InChI=1S/C18H25BrN2O/c1-18(2,3)13-5-7-15(8-6-13)21-16(22)9-4-12-10-14(19)11-20-17(12)21/h4,9-13,15,17H,5-8H2,1-3H3. The first-order valence-corrected chi connectivity index (χ1v) is 9.06. The van der Waals surface area contributed by atoms with Crippen molar-refractivity contribution in [1.29, 1.82) is 0 Å². The number of aliphatic imine (C=N–C) groups is 1. The summed E-state index contributed by atoms with van der Waals surface area (Å²) in [6.07, 6.45) is 12.3. The maximum Gasteiger partial charge on any atom is 0.248 e. The zero-order valence-corrected chi connectivity index (χ0v) is 15.2. The molecule has 0 N–H and O–H groups in total. The van der Waals surface area contributed by atoms with Crippen LogP contribution in [0.25, 0.3) is 0 Å². The van der Waals surface area contributed by atoms with Gasteiger partial charge in [0.25, 0.3) is 0 Å². The molecule has 0 aromatic carbocycles. The number of amides is 1. The Morgan fingerprint density at radius 2 is 1.91 bits per heavy atom. The molecule has 3 aliphatic rings. The second-order valence-corrected chi connectivity index (χ2v) is 8.71. The van der Waals surface area contributed by atoms with Gasteiger partial charge in [0.05, 0.1) is 0 Å². The first kappa shape index (κ1) is 16.0. The van der Waals surface area contributed by atoms with Gasteiger partial charge in [-0.05, 0) is 59.0 Å². The molecule has 1 aliphatic carbocycles. The Bertz CT molecular complexity index is 536. The smallest absolute Gasteiger partial charge is 0.248 e. The molecule has 2 unspecified atom stereocenters. The highest BCUT2D eigenvalue weighted by Crippen LogP contribution is 2.41. The van der Waals surface area contributed by atoms with Crippen LogP contribution in [0.1, 0.15) is 46.5 Å². The van der Waals surface area contributed by atoms with Gasteiger partial charge in [-0.25, -0.2) is 0 Å². The number of halogens is 1. The fourth-order valence-electron chi connectivity index (χ4n) is 4.00. The number of hydrogen-bond acceptors (Lipinski definition) is 2. The Balaban J connectivity index is 1.74. The SMILES string of the molecule is CC(C)(C)C1CCC(N2C(=O)C=CC3C=C(Br)C=NC32)CC1. The molecule has 2 heterocycles. The fourth-order valence-corrected chi connectivity index (χ4v) is 4.42. The van der Waals surface area contributed by atoms with Crippen LogP contribution in [0.3, 0.4) is 0 Å². The lowest BCUT2D eigenvalue weighted by molar-refractivity contribution is -0.133. The molecule has 1 fully saturated rings. The van der Waals surface area contributed by atoms with E-state index in [9.17, 15) is 4.79 Å². The normalized spacial score (nSPS) is 35.4. The van der Waals surface area contributed by atoms with Crippen molar-refractivity contribution >= 4 is 28.1 Å². The van der Waals surface area contributed by atoms with Crippen LogP contribution in [0.15, 0.2) is 27.7 Å². The first-order valence-electron chi connectivity index (χ1n) is 8.27. The van der Waals surface area contributed by atoms with Crippen molar-refractivity contribution in [2.24, 2.45) is 22.2 Å². The highest BCUT2D eigenvalue weighted by Gasteiger charge is 2.39. The van der Waals surface area contributed by atoms with E-state index in [1.54, 1.807) is 6.08 Å². The molecule has 1 amide bonds. The molecule has 0 bridgehead atoms. The third-order valence-corrected chi connectivity index (χ3v) is 5.83. The highest BCUT2D eigenvalue weighted by atomic mass is 79.9. The van der Waals surface area contributed by atoms with E-state index >= 15 is 0 Å². The van der Waals surface area contributed by atoms with Crippen LogP contribution in [0, 0.1) is 17.3 Å². The van der Waals surface area contributed by atoms with Crippen molar-refractivity contribution in [2.75, 3.05) is 0 Å². The monoisotopic (exact) mass is 364 g/mol. The number of dihydropyridines is 1. The minimum atomic E-state index is -0.0463. The molecule has 3 nitrogen and oxygen atoms in total. The van der Waals surface area contributed by atoms with Gasteiger partial charge in [0.1, 0.15) is 6.17 Å². The molecule has 120 valence electrons. The Kier molecular flexibility index (Phi) is 4.32. The molecule has 1 saturated carbocycles. The Hall–Kier alpha value is -0.900. The Morgan fingerprint density at radius 3 is 2.55 bits per heavy atom. The molecular formula is C18H25BrN2O. The van der Waals surface area contributed by atoms with Gasteiger partial charge in [-0.1, -0.05) is 32.9 Å². The number of carbonyl (C=O) groups is 1. The van der Waals surface area contributed by atoms with Gasteiger partial charge < -0.3 is 4.90 Å². The topological polar surface area (TPSA) is 32.7 Å². The summed E-state index contributed by atoms with van der Waals surface area (Å²) < 4.78 is 1.00. The largest absolute Gasteiger partial charge is 0.313 e. The predicted molar refractivity (Wildman–Crippen MR) is 94.0 cm³/mol. The van der Waals surface area contributed by atoms with Crippen LogP contribution in [0.5, 0.6) is 0 Å². The molecule has 0 spiro atoms. The predicted octanol–water partition coefficient (Wildman–Crippen LogP) is 4.30. The summed E-state index contributed by atoms with van der Waals surface area (Å²) in [5, 5.41) is 0. The molecule has 4 heteroatoms. The number of rotatable bonds is 1. The van der Waals surface area contributed by atoms with E-state index in [-0.39, 0.29) is 18.0 Å². The quantitative estimate of drug-likeness (QED) is 0.682. The van der Waals surface area contributed by atoms with Gasteiger partial charge in [-0.3, -0.25) is 9.79 Å². The minimum Gasteiger partial charge on any atom is -0.313 e. The molecule has 2 aliphatic heterocycles. The van der Waals surface area contributed by atoms with Gasteiger partial charge >= 0.3 is 0 Å². The van der Waals surface area contributed by atoms with Gasteiger partial charge in [0.2, 0.25) is 5.91 Å². The zero-order valence-electron chi connectivity index (χ0n) is 13.6. The summed E-state index contributed by atoms with van der Waals surface area (Å²) in [6, 6.07) is 0.339. The van der Waals surface area contributed by atoms with Crippen LogP contribution in [-0.4, -0.2) is 29.2 Å². The van der Waals surface area contributed by atoms with E-state index in [1.807, 2.05) is 17.2 Å².